The molecule has 0 bridgehead atoms. The average molecular weight is 391 g/mol. The molecule has 1 amide bonds. The van der Waals surface area contributed by atoms with E-state index in [0.717, 1.165) is 68.1 Å². The molecule has 1 aromatic rings. The van der Waals surface area contributed by atoms with Crippen LogP contribution < -0.4 is 10.9 Å². The summed E-state index contributed by atoms with van der Waals surface area (Å²) in [4.78, 5) is 27.0. The molecule has 1 saturated heterocycles. The quantitative estimate of drug-likeness (QED) is 0.802. The van der Waals surface area contributed by atoms with E-state index in [4.69, 9.17) is 0 Å². The Labute approximate surface area is 165 Å². The van der Waals surface area contributed by atoms with Gasteiger partial charge in [-0.3, -0.25) is 14.5 Å². The number of rotatable bonds is 6. The summed E-state index contributed by atoms with van der Waals surface area (Å²) in [5.74, 6) is 2.48. The van der Waals surface area contributed by atoms with Gasteiger partial charge in [0.15, 0.2) is 0 Å². The van der Waals surface area contributed by atoms with E-state index in [1.807, 2.05) is 11.8 Å². The van der Waals surface area contributed by atoms with Gasteiger partial charge >= 0.3 is 0 Å². The molecule has 1 unspecified atom stereocenters. The van der Waals surface area contributed by atoms with Crippen molar-refractivity contribution >= 4 is 17.7 Å². The summed E-state index contributed by atoms with van der Waals surface area (Å²) >= 11 is 1.87. The summed E-state index contributed by atoms with van der Waals surface area (Å²) in [6.07, 6.45) is 7.77. The summed E-state index contributed by atoms with van der Waals surface area (Å²) < 4.78 is 1.65. The Morgan fingerprint density at radius 3 is 2.93 bits per heavy atom. The van der Waals surface area contributed by atoms with Crippen molar-refractivity contribution in [3.05, 3.63) is 27.7 Å². The molecule has 3 heterocycles. The van der Waals surface area contributed by atoms with Crippen molar-refractivity contribution in [3.8, 4) is 0 Å². The zero-order chi connectivity index (χ0) is 18.6. The van der Waals surface area contributed by atoms with Crippen molar-refractivity contribution in [3.63, 3.8) is 0 Å². The number of aromatic nitrogens is 2. The number of thioether (sulfide) groups is 1. The summed E-state index contributed by atoms with van der Waals surface area (Å²) in [6.45, 7) is 3.23. The van der Waals surface area contributed by atoms with Crippen LogP contribution in [0.25, 0.3) is 0 Å². The van der Waals surface area contributed by atoms with E-state index >= 15 is 0 Å². The molecule has 27 heavy (non-hydrogen) atoms. The van der Waals surface area contributed by atoms with Gasteiger partial charge in [0, 0.05) is 43.3 Å². The first-order chi connectivity index (χ1) is 13.2. The maximum absolute atomic E-state index is 12.4. The first kappa shape index (κ1) is 19.0. The molecule has 1 N–H and O–H groups in total. The van der Waals surface area contributed by atoms with Crippen molar-refractivity contribution in [1.29, 1.82) is 0 Å². The molecule has 1 aliphatic carbocycles. The lowest BCUT2D eigenvalue weighted by Gasteiger charge is -2.36. The van der Waals surface area contributed by atoms with Gasteiger partial charge in [0.05, 0.1) is 12.2 Å². The van der Waals surface area contributed by atoms with E-state index in [0.29, 0.717) is 12.6 Å². The highest BCUT2D eigenvalue weighted by molar-refractivity contribution is 7.98. The second-order valence-corrected chi connectivity index (χ2v) is 9.14. The van der Waals surface area contributed by atoms with Crippen molar-refractivity contribution in [2.45, 2.75) is 63.3 Å². The Morgan fingerprint density at radius 2 is 2.11 bits per heavy atom. The Balaban J connectivity index is 1.34. The number of aryl methyl sites for hydroxylation is 1. The fraction of sp³-hybridized carbons (Fsp3) is 0.750. The smallest absolute Gasteiger partial charge is 0.267 e. The van der Waals surface area contributed by atoms with Crippen LogP contribution in [0.3, 0.4) is 0 Å². The largest absolute Gasteiger partial charge is 0.354 e. The summed E-state index contributed by atoms with van der Waals surface area (Å²) in [5, 5.41) is 7.80. The maximum Gasteiger partial charge on any atom is 0.267 e. The molecule has 1 atom stereocenters. The van der Waals surface area contributed by atoms with Crippen LogP contribution >= 0.6 is 11.8 Å². The predicted molar refractivity (Wildman–Crippen MR) is 108 cm³/mol. The molecule has 0 spiro atoms. The lowest BCUT2D eigenvalue weighted by Crippen LogP contribution is -2.49. The van der Waals surface area contributed by atoms with Gasteiger partial charge in [-0.25, -0.2) is 4.68 Å². The normalized spacial score (nSPS) is 23.5. The summed E-state index contributed by atoms with van der Waals surface area (Å²) in [6, 6.07) is 2.16. The first-order valence-electron chi connectivity index (χ1n) is 10.4. The molecule has 1 saturated carbocycles. The van der Waals surface area contributed by atoms with Gasteiger partial charge in [0.25, 0.3) is 5.56 Å². The van der Waals surface area contributed by atoms with E-state index in [-0.39, 0.29) is 17.4 Å². The van der Waals surface area contributed by atoms with Gasteiger partial charge in [-0.15, -0.1) is 0 Å². The average Bonchev–Trinajstić information content (AvgIpc) is 2.64. The Hall–Kier alpha value is -1.34. The molecule has 6 nitrogen and oxygen atoms in total. The van der Waals surface area contributed by atoms with E-state index in [1.54, 1.807) is 10.7 Å². The molecule has 1 aromatic heterocycles. The van der Waals surface area contributed by atoms with E-state index in [2.05, 4.69) is 15.3 Å². The van der Waals surface area contributed by atoms with Crippen LogP contribution in [-0.4, -0.2) is 52.0 Å². The highest BCUT2D eigenvalue weighted by atomic mass is 32.2. The molecule has 7 heteroatoms. The van der Waals surface area contributed by atoms with Gasteiger partial charge < -0.3 is 5.32 Å². The molecule has 4 rings (SSSR count). The maximum atomic E-state index is 12.4. The number of hydrogen-bond donors (Lipinski definition) is 1. The lowest BCUT2D eigenvalue weighted by atomic mass is 9.85. The SMILES string of the molecule is O=C(NCC1CCCCN1CCn1nc2c(cc1=O)CSCC2)C1CCC1. The van der Waals surface area contributed by atoms with Crippen LogP contribution in [0.1, 0.15) is 49.8 Å². The van der Waals surface area contributed by atoms with E-state index in [1.165, 1.54) is 19.3 Å². The predicted octanol–water partition coefficient (Wildman–Crippen LogP) is 1.80. The fourth-order valence-corrected chi connectivity index (χ4v) is 5.21. The number of amides is 1. The fourth-order valence-electron chi connectivity index (χ4n) is 4.25. The van der Waals surface area contributed by atoms with Crippen LogP contribution in [0.5, 0.6) is 0 Å². The summed E-state index contributed by atoms with van der Waals surface area (Å²) in [5.41, 5.74) is 2.22. The van der Waals surface area contributed by atoms with Gasteiger partial charge in [-0.1, -0.05) is 12.8 Å². The summed E-state index contributed by atoms with van der Waals surface area (Å²) in [7, 11) is 0. The Kier molecular flexibility index (Phi) is 6.18. The van der Waals surface area contributed by atoms with Crippen LogP contribution in [0.15, 0.2) is 10.9 Å². The van der Waals surface area contributed by atoms with E-state index in [9.17, 15) is 9.59 Å². The topological polar surface area (TPSA) is 67.2 Å². The minimum absolute atomic E-state index is 0.0168. The Morgan fingerprint density at radius 1 is 1.22 bits per heavy atom. The standard InChI is InChI=1S/C20H30N4O2S/c25-19-12-16-14-27-11-7-18(16)22-24(19)10-9-23-8-2-1-6-17(23)13-21-20(26)15-4-3-5-15/h12,15,17H,1-11,13-14H2,(H,21,26). The number of likely N-dealkylation sites (tertiary alicyclic amines) is 1. The zero-order valence-electron chi connectivity index (χ0n) is 16.0. The number of nitrogens with one attached hydrogen (secondary N) is 1. The molecule has 0 aromatic carbocycles. The van der Waals surface area contributed by atoms with Crippen LogP contribution in [0.2, 0.25) is 0 Å². The highest BCUT2D eigenvalue weighted by Gasteiger charge is 2.27. The number of carbonyl (C=O) groups excluding carboxylic acids is 1. The number of piperidine rings is 1. The number of nitrogens with zero attached hydrogens (tertiary/aromatic N) is 3. The van der Waals surface area contributed by atoms with Crippen molar-refractivity contribution in [1.82, 2.24) is 20.0 Å². The van der Waals surface area contributed by atoms with Crippen LogP contribution in [0, 0.1) is 5.92 Å². The zero-order valence-corrected chi connectivity index (χ0v) is 16.8. The van der Waals surface area contributed by atoms with Gasteiger partial charge in [-0.05, 0) is 43.5 Å². The molecule has 148 valence electrons. The minimum atomic E-state index is 0.0168. The molecule has 0 radical (unpaired) electrons. The van der Waals surface area contributed by atoms with Crippen molar-refractivity contribution in [2.24, 2.45) is 5.92 Å². The second kappa shape index (κ2) is 8.78. The highest BCUT2D eigenvalue weighted by Crippen LogP contribution is 2.26. The van der Waals surface area contributed by atoms with Gasteiger partial charge in [0.2, 0.25) is 5.91 Å². The van der Waals surface area contributed by atoms with Crippen LogP contribution in [-0.2, 0) is 23.5 Å². The second-order valence-electron chi connectivity index (χ2n) is 8.04. The lowest BCUT2D eigenvalue weighted by molar-refractivity contribution is -0.127. The Bertz CT molecular complexity index is 731. The van der Waals surface area contributed by atoms with Crippen molar-refractivity contribution in [2.75, 3.05) is 25.4 Å². The first-order valence-corrected chi connectivity index (χ1v) is 11.6. The number of fused-ring (bicyclic) bond motifs is 1. The number of carbonyl (C=O) groups is 1. The van der Waals surface area contributed by atoms with E-state index < -0.39 is 0 Å². The van der Waals surface area contributed by atoms with Gasteiger partial charge in [0.1, 0.15) is 0 Å². The molecule has 3 aliphatic rings. The van der Waals surface area contributed by atoms with Crippen LogP contribution in [0.4, 0.5) is 0 Å². The third-order valence-corrected chi connectivity index (χ3v) is 7.25. The monoisotopic (exact) mass is 390 g/mol. The molecule has 2 aliphatic heterocycles. The number of hydrogen-bond acceptors (Lipinski definition) is 5. The minimum Gasteiger partial charge on any atom is -0.354 e. The molecular weight excluding hydrogens is 360 g/mol. The molecule has 2 fully saturated rings. The third kappa shape index (κ3) is 4.57. The molecular formula is C20H30N4O2S. The van der Waals surface area contributed by atoms with Gasteiger partial charge in [-0.2, -0.15) is 16.9 Å². The van der Waals surface area contributed by atoms with Crippen molar-refractivity contribution < 1.29 is 4.79 Å². The third-order valence-electron chi connectivity index (χ3n) is 6.24.